The van der Waals surface area contributed by atoms with Crippen molar-refractivity contribution in [2.24, 2.45) is 0 Å². The molecule has 0 spiro atoms. The van der Waals surface area contributed by atoms with Crippen molar-refractivity contribution >= 4 is 5.97 Å². The molecule has 0 aliphatic heterocycles. The van der Waals surface area contributed by atoms with E-state index in [-0.39, 0.29) is 6.61 Å². The van der Waals surface area contributed by atoms with Crippen molar-refractivity contribution in [3.05, 3.63) is 133 Å². The molecule has 0 saturated carbocycles. The Morgan fingerprint density at radius 2 is 1.28 bits per heavy atom. The molecule has 0 N–H and O–H groups in total. The highest BCUT2D eigenvalue weighted by molar-refractivity contribution is 5.89. The Hall–Kier alpha value is -4.64. The highest BCUT2D eigenvalue weighted by atomic mass is 16.6. The summed E-state index contributed by atoms with van der Waals surface area (Å²) in [6.07, 6.45) is -0.566. The van der Waals surface area contributed by atoms with Gasteiger partial charge in [0.25, 0.3) is 0 Å². The van der Waals surface area contributed by atoms with Crippen molar-refractivity contribution < 1.29 is 14.3 Å². The van der Waals surface area contributed by atoms with Gasteiger partial charge >= 0.3 is 5.97 Å². The first-order chi connectivity index (χ1) is 17.8. The Morgan fingerprint density at radius 3 is 1.92 bits per heavy atom. The average molecular weight is 475 g/mol. The lowest BCUT2D eigenvalue weighted by atomic mass is 10.1. The van der Waals surface area contributed by atoms with Crippen LogP contribution < -0.4 is 4.74 Å². The summed E-state index contributed by atoms with van der Waals surface area (Å²) < 4.78 is 13.8. The number of carbonyl (C=O) groups excluding carboxylic acids is 1. The predicted molar refractivity (Wildman–Crippen MR) is 141 cm³/mol. The zero-order valence-corrected chi connectivity index (χ0v) is 19.7. The molecule has 0 saturated heterocycles. The van der Waals surface area contributed by atoms with E-state index < -0.39 is 12.1 Å². The third-order valence-corrected chi connectivity index (χ3v) is 5.76. The fourth-order valence-electron chi connectivity index (χ4n) is 3.96. The van der Waals surface area contributed by atoms with Crippen molar-refractivity contribution in [2.45, 2.75) is 12.6 Å². The largest absolute Gasteiger partial charge is 0.490 e. The summed E-state index contributed by atoms with van der Waals surface area (Å²) in [5.74, 6) is 0.320. The Balaban J connectivity index is 1.46. The van der Waals surface area contributed by atoms with Crippen LogP contribution >= 0.6 is 0 Å². The summed E-state index contributed by atoms with van der Waals surface area (Å²) >= 11 is 0. The summed E-state index contributed by atoms with van der Waals surface area (Å²) in [5.41, 5.74) is 4.34. The smallest absolute Gasteiger partial charge is 0.338 e. The van der Waals surface area contributed by atoms with E-state index in [0.29, 0.717) is 17.9 Å². The first kappa shape index (κ1) is 23.1. The van der Waals surface area contributed by atoms with Crippen LogP contribution in [0.3, 0.4) is 0 Å². The second kappa shape index (κ2) is 11.2. The van der Waals surface area contributed by atoms with Gasteiger partial charge in [0.1, 0.15) is 12.4 Å². The number of hydrogen-bond acceptors (Lipinski definition) is 4. The van der Waals surface area contributed by atoms with Crippen LogP contribution in [0.2, 0.25) is 0 Å². The third kappa shape index (κ3) is 5.70. The van der Waals surface area contributed by atoms with E-state index in [4.69, 9.17) is 14.6 Å². The number of benzene rings is 4. The van der Waals surface area contributed by atoms with Crippen LogP contribution in [0.25, 0.3) is 22.5 Å². The number of nitrogens with zero attached hydrogens (tertiary/aromatic N) is 2. The number of ether oxygens (including phenoxy) is 2. The lowest BCUT2D eigenvalue weighted by Gasteiger charge is -2.20. The van der Waals surface area contributed by atoms with Crippen molar-refractivity contribution in [1.29, 1.82) is 0 Å². The van der Waals surface area contributed by atoms with Crippen molar-refractivity contribution in [1.82, 2.24) is 9.78 Å². The molecule has 5 rings (SSSR count). The molecular formula is C31H26N2O3. The molecule has 0 aliphatic rings. The minimum absolute atomic E-state index is 0.192. The summed E-state index contributed by atoms with van der Waals surface area (Å²) in [6, 6.07) is 40.7. The maximum atomic E-state index is 12.9. The molecule has 36 heavy (non-hydrogen) atoms. The van der Waals surface area contributed by atoms with Gasteiger partial charge in [-0.05, 0) is 35.9 Å². The van der Waals surface area contributed by atoms with Crippen molar-refractivity contribution in [2.75, 3.05) is 6.61 Å². The quantitative estimate of drug-likeness (QED) is 0.228. The first-order valence-corrected chi connectivity index (χ1v) is 11.9. The number of hydrogen-bond donors (Lipinski definition) is 0. The van der Waals surface area contributed by atoms with Crippen LogP contribution in [0.15, 0.2) is 127 Å². The van der Waals surface area contributed by atoms with Crippen LogP contribution in [0.4, 0.5) is 0 Å². The van der Waals surface area contributed by atoms with Gasteiger partial charge in [0.2, 0.25) is 0 Å². The van der Waals surface area contributed by atoms with Gasteiger partial charge in [0, 0.05) is 5.56 Å². The van der Waals surface area contributed by atoms with E-state index in [1.807, 2.05) is 114 Å². The van der Waals surface area contributed by atoms with E-state index in [0.717, 1.165) is 22.5 Å². The third-order valence-electron chi connectivity index (χ3n) is 5.76. The Labute approximate surface area is 210 Å². The zero-order valence-electron chi connectivity index (χ0n) is 19.7. The molecule has 0 fully saturated rings. The Morgan fingerprint density at radius 1 is 0.722 bits per heavy atom. The second-order valence-corrected chi connectivity index (χ2v) is 8.35. The molecule has 178 valence electrons. The molecular weight excluding hydrogens is 448 g/mol. The van der Waals surface area contributed by atoms with Crippen LogP contribution in [0.1, 0.15) is 10.4 Å². The average Bonchev–Trinajstić information content (AvgIpc) is 3.37. The molecule has 5 aromatic rings. The normalized spacial score (nSPS) is 11.6. The summed E-state index contributed by atoms with van der Waals surface area (Å²) in [6.45, 7) is 0.528. The summed E-state index contributed by atoms with van der Waals surface area (Å²) in [4.78, 5) is 12.9. The van der Waals surface area contributed by atoms with E-state index >= 15 is 0 Å². The van der Waals surface area contributed by atoms with Crippen LogP contribution in [-0.2, 0) is 11.3 Å². The molecule has 0 radical (unpaired) electrons. The standard InChI is InChI=1S/C31H26N2O3/c34-31(26-17-9-3-10-18-26)36-28(23-35-27-19-11-4-12-20-27)22-33-30(25-15-7-2-8-16-25)21-29(32-33)24-13-5-1-6-14-24/h1-21,28H,22-23H2. The molecule has 1 unspecified atom stereocenters. The van der Waals surface area contributed by atoms with Gasteiger partial charge in [-0.3, -0.25) is 4.68 Å². The molecule has 1 atom stereocenters. The molecule has 1 aromatic heterocycles. The Bertz CT molecular complexity index is 1390. The van der Waals surface area contributed by atoms with Crippen LogP contribution in [-0.4, -0.2) is 28.5 Å². The predicted octanol–water partition coefficient (Wildman–Crippen LogP) is 6.52. The minimum Gasteiger partial charge on any atom is -0.490 e. The molecule has 0 bridgehead atoms. The molecule has 1 heterocycles. The highest BCUT2D eigenvalue weighted by Crippen LogP contribution is 2.27. The molecule has 5 nitrogen and oxygen atoms in total. The number of rotatable bonds is 9. The van der Waals surface area contributed by atoms with E-state index in [2.05, 4.69) is 6.07 Å². The molecule has 5 heteroatoms. The summed E-state index contributed by atoms with van der Waals surface area (Å²) in [7, 11) is 0. The monoisotopic (exact) mass is 474 g/mol. The first-order valence-electron chi connectivity index (χ1n) is 11.9. The van der Waals surface area contributed by atoms with Gasteiger partial charge in [-0.1, -0.05) is 97.1 Å². The van der Waals surface area contributed by atoms with Gasteiger partial charge in [-0.2, -0.15) is 5.10 Å². The van der Waals surface area contributed by atoms with Gasteiger partial charge in [-0.15, -0.1) is 0 Å². The van der Waals surface area contributed by atoms with Crippen LogP contribution in [0, 0.1) is 0 Å². The molecule has 0 aliphatic carbocycles. The molecule has 0 amide bonds. The number of esters is 1. The van der Waals surface area contributed by atoms with Crippen molar-refractivity contribution in [3.63, 3.8) is 0 Å². The lowest BCUT2D eigenvalue weighted by Crippen LogP contribution is -2.30. The lowest BCUT2D eigenvalue weighted by molar-refractivity contribution is 0.0116. The number of carbonyl (C=O) groups is 1. The van der Waals surface area contributed by atoms with E-state index in [1.54, 1.807) is 12.1 Å². The SMILES string of the molecule is O=C(OC(COc1ccccc1)Cn1nc(-c2ccccc2)cc1-c1ccccc1)c1ccccc1. The van der Waals surface area contributed by atoms with Crippen LogP contribution in [0.5, 0.6) is 5.75 Å². The minimum atomic E-state index is -0.566. The molecule has 4 aromatic carbocycles. The number of para-hydroxylation sites is 1. The van der Waals surface area contributed by atoms with E-state index in [9.17, 15) is 4.79 Å². The fourth-order valence-corrected chi connectivity index (χ4v) is 3.96. The Kier molecular flexibility index (Phi) is 7.19. The maximum Gasteiger partial charge on any atom is 0.338 e. The van der Waals surface area contributed by atoms with E-state index in [1.165, 1.54) is 0 Å². The zero-order chi connectivity index (χ0) is 24.6. The maximum absolute atomic E-state index is 12.9. The topological polar surface area (TPSA) is 53.4 Å². The second-order valence-electron chi connectivity index (χ2n) is 8.35. The highest BCUT2D eigenvalue weighted by Gasteiger charge is 2.21. The van der Waals surface area contributed by atoms with Gasteiger partial charge in [0.05, 0.1) is 23.5 Å². The number of aromatic nitrogens is 2. The fraction of sp³-hybridized carbons (Fsp3) is 0.0968. The van der Waals surface area contributed by atoms with Crippen molar-refractivity contribution in [3.8, 4) is 28.3 Å². The summed E-state index contributed by atoms with van der Waals surface area (Å²) in [5, 5.41) is 4.90. The van der Waals surface area contributed by atoms with Gasteiger partial charge in [-0.25, -0.2) is 4.79 Å². The van der Waals surface area contributed by atoms with Gasteiger partial charge < -0.3 is 9.47 Å². The van der Waals surface area contributed by atoms with Gasteiger partial charge in [0.15, 0.2) is 6.10 Å².